The molecule has 1 aromatic heterocycles. The van der Waals surface area contributed by atoms with Crippen LogP contribution in [-0.2, 0) is 4.74 Å². The van der Waals surface area contributed by atoms with Gasteiger partial charge in [0.25, 0.3) is 0 Å². The highest BCUT2D eigenvalue weighted by molar-refractivity contribution is 5.97. The van der Waals surface area contributed by atoms with E-state index in [-0.39, 0.29) is 12.2 Å². The van der Waals surface area contributed by atoms with Crippen LogP contribution in [0.5, 0.6) is 0 Å². The third-order valence-electron chi connectivity index (χ3n) is 2.69. The van der Waals surface area contributed by atoms with Gasteiger partial charge in [-0.05, 0) is 31.2 Å². The number of carboxylic acids is 1. The van der Waals surface area contributed by atoms with Gasteiger partial charge in [0, 0.05) is 11.8 Å². The number of nitrogens with zero attached hydrogens (tertiary/aromatic N) is 1. The van der Waals surface area contributed by atoms with Crippen molar-refractivity contribution >= 4 is 11.9 Å². The van der Waals surface area contributed by atoms with Crippen molar-refractivity contribution in [1.82, 2.24) is 4.98 Å². The van der Waals surface area contributed by atoms with Gasteiger partial charge in [0.1, 0.15) is 0 Å². The van der Waals surface area contributed by atoms with E-state index in [0.29, 0.717) is 16.8 Å². The number of carboxylic acid groups (broad SMARTS) is 1. The monoisotopic (exact) mass is 271 g/mol. The second kappa shape index (κ2) is 5.97. The average Bonchev–Trinajstić information content (AvgIpc) is 2.47. The molecule has 0 bridgehead atoms. The lowest BCUT2D eigenvalue weighted by Gasteiger charge is -2.08. The third kappa shape index (κ3) is 2.83. The third-order valence-corrected chi connectivity index (χ3v) is 2.69. The van der Waals surface area contributed by atoms with E-state index in [1.54, 1.807) is 37.4 Å². The summed E-state index contributed by atoms with van der Waals surface area (Å²) in [6, 6.07) is 9.52. The van der Waals surface area contributed by atoms with Gasteiger partial charge in [0.15, 0.2) is 0 Å². The molecule has 0 unspecified atom stereocenters. The maximum absolute atomic E-state index is 11.9. The molecule has 0 aliphatic heterocycles. The molecule has 0 spiro atoms. The van der Waals surface area contributed by atoms with Crippen LogP contribution in [-0.4, -0.2) is 28.6 Å². The Labute approximate surface area is 115 Å². The first-order chi connectivity index (χ1) is 9.63. The molecule has 1 N–H and O–H groups in total. The summed E-state index contributed by atoms with van der Waals surface area (Å²) in [5.41, 5.74) is 1.43. The van der Waals surface area contributed by atoms with E-state index in [1.165, 1.54) is 12.1 Å². The summed E-state index contributed by atoms with van der Waals surface area (Å²) in [4.78, 5) is 27.0. The van der Waals surface area contributed by atoms with Gasteiger partial charge in [0.05, 0.1) is 23.4 Å². The van der Waals surface area contributed by atoms with Crippen LogP contribution in [0.4, 0.5) is 0 Å². The van der Waals surface area contributed by atoms with Crippen molar-refractivity contribution in [1.29, 1.82) is 0 Å². The Balaban J connectivity index is 2.50. The standard InChI is InChI=1S/C15H13NO4/c1-2-20-15(19)12-7-4-8-16-13(12)10-5-3-6-11(9-10)14(17)18/h3-9H,2H2,1H3,(H,17,18). The number of aromatic carboxylic acids is 1. The maximum atomic E-state index is 11.9. The highest BCUT2D eigenvalue weighted by Crippen LogP contribution is 2.23. The number of esters is 1. The average molecular weight is 271 g/mol. The molecule has 20 heavy (non-hydrogen) atoms. The largest absolute Gasteiger partial charge is 0.478 e. The highest BCUT2D eigenvalue weighted by atomic mass is 16.5. The smallest absolute Gasteiger partial charge is 0.340 e. The van der Waals surface area contributed by atoms with Crippen molar-refractivity contribution < 1.29 is 19.4 Å². The lowest BCUT2D eigenvalue weighted by atomic mass is 10.0. The Hall–Kier alpha value is -2.69. The number of ether oxygens (including phenoxy) is 1. The van der Waals surface area contributed by atoms with Crippen LogP contribution >= 0.6 is 0 Å². The Morgan fingerprint density at radius 1 is 1.25 bits per heavy atom. The van der Waals surface area contributed by atoms with Gasteiger partial charge in [-0.15, -0.1) is 0 Å². The Bertz CT molecular complexity index is 652. The fourth-order valence-electron chi connectivity index (χ4n) is 1.81. The molecule has 1 heterocycles. The Morgan fingerprint density at radius 2 is 2.05 bits per heavy atom. The lowest BCUT2D eigenvalue weighted by molar-refractivity contribution is 0.0526. The first kappa shape index (κ1) is 13.7. The molecule has 0 saturated carbocycles. The molecule has 2 rings (SSSR count). The molecular weight excluding hydrogens is 258 g/mol. The summed E-state index contributed by atoms with van der Waals surface area (Å²) in [6.07, 6.45) is 1.55. The molecule has 5 heteroatoms. The van der Waals surface area contributed by atoms with Crippen molar-refractivity contribution in [2.45, 2.75) is 6.92 Å². The number of carbonyl (C=O) groups is 2. The Kier molecular flexibility index (Phi) is 4.10. The lowest BCUT2D eigenvalue weighted by Crippen LogP contribution is -2.07. The fourth-order valence-corrected chi connectivity index (χ4v) is 1.81. The summed E-state index contributed by atoms with van der Waals surface area (Å²) in [5.74, 6) is -1.50. The molecule has 0 aliphatic carbocycles. The van der Waals surface area contributed by atoms with Crippen molar-refractivity contribution in [3.8, 4) is 11.3 Å². The zero-order valence-corrected chi connectivity index (χ0v) is 10.9. The number of carbonyl (C=O) groups excluding carboxylic acids is 1. The molecule has 0 amide bonds. The predicted molar refractivity (Wildman–Crippen MR) is 72.6 cm³/mol. The number of hydrogen-bond acceptors (Lipinski definition) is 4. The van der Waals surface area contributed by atoms with Crippen molar-refractivity contribution in [2.24, 2.45) is 0 Å². The van der Waals surface area contributed by atoms with Crippen molar-refractivity contribution in [3.05, 3.63) is 53.7 Å². The maximum Gasteiger partial charge on any atom is 0.340 e. The van der Waals surface area contributed by atoms with Crippen LogP contribution in [0.25, 0.3) is 11.3 Å². The minimum atomic E-state index is -1.03. The zero-order valence-electron chi connectivity index (χ0n) is 10.9. The van der Waals surface area contributed by atoms with E-state index in [4.69, 9.17) is 9.84 Å². The molecule has 0 radical (unpaired) electrons. The molecule has 0 aliphatic rings. The minimum absolute atomic E-state index is 0.142. The minimum Gasteiger partial charge on any atom is -0.478 e. The van der Waals surface area contributed by atoms with Crippen LogP contribution in [0, 0.1) is 0 Å². The Morgan fingerprint density at radius 3 is 2.75 bits per heavy atom. The summed E-state index contributed by atoms with van der Waals surface area (Å²) in [5, 5.41) is 9.01. The van der Waals surface area contributed by atoms with Gasteiger partial charge >= 0.3 is 11.9 Å². The molecule has 1 aromatic carbocycles. The van der Waals surface area contributed by atoms with E-state index >= 15 is 0 Å². The quantitative estimate of drug-likeness (QED) is 0.865. The van der Waals surface area contributed by atoms with Crippen molar-refractivity contribution in [2.75, 3.05) is 6.61 Å². The number of rotatable bonds is 4. The normalized spacial score (nSPS) is 10.1. The van der Waals surface area contributed by atoms with Gasteiger partial charge in [-0.25, -0.2) is 9.59 Å². The number of hydrogen-bond donors (Lipinski definition) is 1. The first-order valence-electron chi connectivity index (χ1n) is 6.09. The molecule has 0 fully saturated rings. The van der Waals surface area contributed by atoms with Crippen LogP contribution in [0.1, 0.15) is 27.6 Å². The molecule has 0 atom stereocenters. The van der Waals surface area contributed by atoms with Crippen LogP contribution in [0.15, 0.2) is 42.6 Å². The van der Waals surface area contributed by atoms with E-state index < -0.39 is 11.9 Å². The molecule has 0 saturated heterocycles. The molecule has 2 aromatic rings. The highest BCUT2D eigenvalue weighted by Gasteiger charge is 2.15. The fraction of sp³-hybridized carbons (Fsp3) is 0.133. The summed E-state index contributed by atoms with van der Waals surface area (Å²) < 4.78 is 4.97. The predicted octanol–water partition coefficient (Wildman–Crippen LogP) is 2.62. The van der Waals surface area contributed by atoms with Gasteiger partial charge in [0.2, 0.25) is 0 Å². The van der Waals surface area contributed by atoms with E-state index in [1.807, 2.05) is 0 Å². The second-order valence-electron chi connectivity index (χ2n) is 4.01. The van der Waals surface area contributed by atoms with Gasteiger partial charge in [-0.1, -0.05) is 12.1 Å². The number of benzene rings is 1. The van der Waals surface area contributed by atoms with E-state index in [0.717, 1.165) is 0 Å². The van der Waals surface area contributed by atoms with Gasteiger partial charge < -0.3 is 9.84 Å². The van der Waals surface area contributed by atoms with Gasteiger partial charge in [-0.2, -0.15) is 0 Å². The van der Waals surface area contributed by atoms with Gasteiger partial charge in [-0.3, -0.25) is 4.98 Å². The molecule has 102 valence electrons. The van der Waals surface area contributed by atoms with E-state index in [2.05, 4.69) is 4.98 Å². The summed E-state index contributed by atoms with van der Waals surface area (Å²) in [7, 11) is 0. The molecular formula is C15H13NO4. The SMILES string of the molecule is CCOC(=O)c1cccnc1-c1cccc(C(=O)O)c1. The zero-order chi connectivity index (χ0) is 14.5. The van der Waals surface area contributed by atoms with Crippen LogP contribution in [0.2, 0.25) is 0 Å². The van der Waals surface area contributed by atoms with E-state index in [9.17, 15) is 9.59 Å². The molecule has 5 nitrogen and oxygen atoms in total. The number of pyridine rings is 1. The van der Waals surface area contributed by atoms with Crippen LogP contribution in [0.3, 0.4) is 0 Å². The number of aromatic nitrogens is 1. The summed E-state index contributed by atoms with van der Waals surface area (Å²) in [6.45, 7) is 1.99. The topological polar surface area (TPSA) is 76.5 Å². The van der Waals surface area contributed by atoms with Crippen LogP contribution < -0.4 is 0 Å². The summed E-state index contributed by atoms with van der Waals surface area (Å²) >= 11 is 0. The van der Waals surface area contributed by atoms with Crippen molar-refractivity contribution in [3.63, 3.8) is 0 Å². The second-order valence-corrected chi connectivity index (χ2v) is 4.01. The first-order valence-corrected chi connectivity index (χ1v) is 6.09.